The number of benzene rings is 1. The van der Waals surface area contributed by atoms with Gasteiger partial charge in [0.15, 0.2) is 0 Å². The molecule has 224 valence electrons. The Hall–Kier alpha value is -4.49. The molecule has 2 aromatic heterocycles. The number of hydrogen-bond donors (Lipinski definition) is 4. The molecule has 5 rings (SSSR count). The van der Waals surface area contributed by atoms with Crippen molar-refractivity contribution in [3.8, 4) is 5.75 Å². The van der Waals surface area contributed by atoms with Gasteiger partial charge in [-0.15, -0.1) is 11.8 Å². The first kappa shape index (κ1) is 30.0. The number of aromatic hydroxyl groups is 1. The predicted molar refractivity (Wildman–Crippen MR) is 157 cm³/mol. The van der Waals surface area contributed by atoms with Crippen molar-refractivity contribution < 1.29 is 29.4 Å². The second kappa shape index (κ2) is 12.4. The molecule has 1 aromatic carbocycles. The minimum absolute atomic E-state index is 0.0137. The molecule has 0 spiro atoms. The largest absolute Gasteiger partial charge is 0.508 e. The Morgan fingerprint density at radius 2 is 1.60 bits per heavy atom. The summed E-state index contributed by atoms with van der Waals surface area (Å²) < 4.78 is -0.749. The fourth-order valence-electron chi connectivity index (χ4n) is 5.37. The van der Waals surface area contributed by atoms with Crippen LogP contribution in [0.1, 0.15) is 36.8 Å². The number of nitrogens with one attached hydrogen (secondary N) is 2. The highest BCUT2D eigenvalue weighted by Crippen LogP contribution is 2.50. The van der Waals surface area contributed by atoms with E-state index >= 15 is 0 Å². The van der Waals surface area contributed by atoms with Crippen molar-refractivity contribution in [2.24, 2.45) is 0 Å². The molecule has 1 unspecified atom stereocenters. The number of hydrogen-bond acceptors (Lipinski definition) is 9. The second-order valence-corrected chi connectivity index (χ2v) is 12.7. The number of thioether (sulfide) groups is 1. The second-order valence-electron chi connectivity index (χ2n) is 11.0. The molecular formula is C30H32N6O6S. The summed E-state index contributed by atoms with van der Waals surface area (Å²) in [6.07, 6.45) is 3.34. The summed E-state index contributed by atoms with van der Waals surface area (Å²) in [5, 5.41) is 24.5. The average molecular weight is 605 g/mol. The average Bonchev–Trinajstić information content (AvgIpc) is 3.24. The highest BCUT2D eigenvalue weighted by atomic mass is 32.2. The van der Waals surface area contributed by atoms with Gasteiger partial charge < -0.3 is 25.7 Å². The number of nitrogens with zero attached hydrogens (tertiary/aromatic N) is 4. The number of carbonyl (C=O) groups is 4. The van der Waals surface area contributed by atoms with E-state index in [-0.39, 0.29) is 12.3 Å². The third kappa shape index (κ3) is 6.62. The van der Waals surface area contributed by atoms with Crippen molar-refractivity contribution in [3.63, 3.8) is 0 Å². The number of carboxylic acid groups (broad SMARTS) is 1. The van der Waals surface area contributed by atoms with Crippen LogP contribution in [0.5, 0.6) is 5.75 Å². The third-order valence-electron chi connectivity index (χ3n) is 7.36. The number of aliphatic carboxylic acids is 1. The molecule has 2 fully saturated rings. The van der Waals surface area contributed by atoms with Crippen molar-refractivity contribution in [1.82, 2.24) is 30.4 Å². The number of carboxylic acids is 1. The van der Waals surface area contributed by atoms with Gasteiger partial charge in [-0.25, -0.2) is 4.79 Å². The smallest absolute Gasteiger partial charge is 0.327 e. The van der Waals surface area contributed by atoms with Gasteiger partial charge in [0.2, 0.25) is 17.7 Å². The Kier molecular flexibility index (Phi) is 8.64. The lowest BCUT2D eigenvalue weighted by Gasteiger charge is -2.44. The molecule has 4 atom stereocenters. The number of aromatic nitrogens is 2. The number of rotatable bonds is 11. The minimum Gasteiger partial charge on any atom is -0.508 e. The van der Waals surface area contributed by atoms with Crippen molar-refractivity contribution in [3.05, 3.63) is 90.0 Å². The molecule has 12 nitrogen and oxygen atoms in total. The van der Waals surface area contributed by atoms with Crippen LogP contribution >= 0.6 is 11.8 Å². The summed E-state index contributed by atoms with van der Waals surface area (Å²) in [5.74, 6) is -2.69. The van der Waals surface area contributed by atoms with Gasteiger partial charge in [-0.1, -0.05) is 24.3 Å². The van der Waals surface area contributed by atoms with Crippen molar-refractivity contribution >= 4 is 35.5 Å². The summed E-state index contributed by atoms with van der Waals surface area (Å²) in [6.45, 7) is 4.13. The van der Waals surface area contributed by atoms with Crippen LogP contribution in [0.2, 0.25) is 0 Å². The fraction of sp³-hybridized carbons (Fsp3) is 0.333. The van der Waals surface area contributed by atoms with Crippen molar-refractivity contribution in [2.45, 2.75) is 55.2 Å². The number of fused-ring (bicyclic) bond motifs is 1. The van der Waals surface area contributed by atoms with Gasteiger partial charge in [-0.2, -0.15) is 0 Å². The summed E-state index contributed by atoms with van der Waals surface area (Å²) >= 11 is 1.31. The highest BCUT2D eigenvalue weighted by molar-refractivity contribution is 8.01. The van der Waals surface area contributed by atoms with E-state index in [4.69, 9.17) is 0 Å². The van der Waals surface area contributed by atoms with Crippen LogP contribution in [-0.4, -0.2) is 82.4 Å². The standard InChI is InChI=1S/C30H32N6O6S/c1-30(2)25(29(41)42)36-27(40)24(28(36)43-30)34-26(39)23(18-9-11-21(37)12-10-18)33-22(38)17-35(15-19-7-3-5-13-31-19)16-20-8-4-6-14-32-20/h3-14,23-25,28,37H,15-17H2,1-2H3,(H,33,38)(H,34,39)(H,41,42)/t23-,24-,25+,28?/m1/s1. The van der Waals surface area contributed by atoms with Gasteiger partial charge in [0, 0.05) is 30.2 Å². The zero-order chi connectivity index (χ0) is 30.7. The Bertz CT molecular complexity index is 1450. The zero-order valence-corrected chi connectivity index (χ0v) is 24.4. The van der Waals surface area contributed by atoms with Gasteiger partial charge in [0.05, 0.1) is 17.9 Å². The van der Waals surface area contributed by atoms with Gasteiger partial charge in [0.1, 0.15) is 29.2 Å². The quantitative estimate of drug-likeness (QED) is 0.237. The van der Waals surface area contributed by atoms with Crippen LogP contribution in [-0.2, 0) is 32.3 Å². The van der Waals surface area contributed by atoms with Gasteiger partial charge in [-0.05, 0) is 55.8 Å². The number of phenolic OH excluding ortho intramolecular Hbond substituents is 1. The van der Waals surface area contributed by atoms with E-state index in [2.05, 4.69) is 20.6 Å². The normalized spacial score (nSPS) is 21.0. The molecule has 3 aromatic rings. The fourth-order valence-corrected chi connectivity index (χ4v) is 6.99. The molecule has 43 heavy (non-hydrogen) atoms. The molecule has 0 aliphatic carbocycles. The molecule has 0 radical (unpaired) electrons. The minimum atomic E-state index is -1.18. The number of β-lactam (4-membered cyclic amide) rings is 1. The van der Waals surface area contributed by atoms with Crippen LogP contribution in [0.3, 0.4) is 0 Å². The maximum atomic E-state index is 13.6. The lowest BCUT2D eigenvalue weighted by molar-refractivity contribution is -0.161. The molecule has 2 saturated heterocycles. The van der Waals surface area contributed by atoms with Crippen LogP contribution < -0.4 is 10.6 Å². The number of carbonyl (C=O) groups excluding carboxylic acids is 3. The predicted octanol–water partition coefficient (Wildman–Crippen LogP) is 1.67. The van der Waals surface area contributed by atoms with E-state index in [1.54, 1.807) is 38.4 Å². The molecule has 4 heterocycles. The number of amides is 3. The highest BCUT2D eigenvalue weighted by Gasteiger charge is 2.64. The van der Waals surface area contributed by atoms with E-state index < -0.39 is 51.9 Å². The summed E-state index contributed by atoms with van der Waals surface area (Å²) in [7, 11) is 0. The molecule has 0 saturated carbocycles. The first-order chi connectivity index (χ1) is 20.5. The number of phenols is 1. The molecular weight excluding hydrogens is 572 g/mol. The van der Waals surface area contributed by atoms with Gasteiger partial charge >= 0.3 is 5.97 Å². The maximum absolute atomic E-state index is 13.6. The van der Waals surface area contributed by atoms with E-state index in [0.29, 0.717) is 18.7 Å². The number of pyridine rings is 2. The molecule has 0 bridgehead atoms. The van der Waals surface area contributed by atoms with Crippen molar-refractivity contribution in [2.75, 3.05) is 6.54 Å². The summed E-state index contributed by atoms with van der Waals surface area (Å²) in [4.78, 5) is 63.8. The van der Waals surface area contributed by atoms with E-state index in [1.807, 2.05) is 29.2 Å². The van der Waals surface area contributed by atoms with E-state index in [0.717, 1.165) is 11.4 Å². The van der Waals surface area contributed by atoms with Crippen LogP contribution in [0, 0.1) is 0 Å². The maximum Gasteiger partial charge on any atom is 0.327 e. The van der Waals surface area contributed by atoms with Crippen LogP contribution in [0.4, 0.5) is 0 Å². The summed E-state index contributed by atoms with van der Waals surface area (Å²) in [6, 6.07) is 13.7. The Labute approximate surface area is 252 Å². The van der Waals surface area contributed by atoms with Gasteiger partial charge in [-0.3, -0.25) is 29.3 Å². The first-order valence-corrected chi connectivity index (χ1v) is 14.5. The Balaban J connectivity index is 1.32. The molecule has 2 aliphatic heterocycles. The molecule has 4 N–H and O–H groups in total. The first-order valence-electron chi connectivity index (χ1n) is 13.7. The van der Waals surface area contributed by atoms with Crippen molar-refractivity contribution in [1.29, 1.82) is 0 Å². The monoisotopic (exact) mass is 604 g/mol. The lowest BCUT2D eigenvalue weighted by atomic mass is 9.95. The molecule has 13 heteroatoms. The topological polar surface area (TPSA) is 165 Å². The third-order valence-corrected chi connectivity index (χ3v) is 8.93. The van der Waals surface area contributed by atoms with E-state index in [9.17, 15) is 29.4 Å². The Morgan fingerprint density at radius 1 is 1.00 bits per heavy atom. The van der Waals surface area contributed by atoms with Crippen LogP contribution in [0.25, 0.3) is 0 Å². The van der Waals surface area contributed by atoms with Crippen LogP contribution in [0.15, 0.2) is 73.1 Å². The molecule has 3 amide bonds. The summed E-state index contributed by atoms with van der Waals surface area (Å²) in [5.41, 5.74) is 1.91. The van der Waals surface area contributed by atoms with E-state index in [1.165, 1.54) is 40.9 Å². The molecule has 2 aliphatic rings. The Morgan fingerprint density at radius 3 is 2.14 bits per heavy atom. The van der Waals surface area contributed by atoms with Gasteiger partial charge in [0.25, 0.3) is 0 Å². The SMILES string of the molecule is CC1(C)SC2[C@H](NC(=O)[C@H](NC(=O)CN(Cc3ccccn3)Cc3ccccn3)c3ccc(O)cc3)C(=O)N2[C@H]1C(=O)O. The lowest BCUT2D eigenvalue weighted by Crippen LogP contribution is -2.71. The zero-order valence-electron chi connectivity index (χ0n) is 23.6.